The van der Waals surface area contributed by atoms with Crippen LogP contribution in [0, 0.1) is 2.88 Å². The zero-order chi connectivity index (χ0) is 14.7. The maximum Gasteiger partial charge on any atom is 0.258 e. The highest BCUT2D eigenvalue weighted by molar-refractivity contribution is 14.1. The Morgan fingerprint density at radius 3 is 2.75 bits per heavy atom. The van der Waals surface area contributed by atoms with Gasteiger partial charge in [0.05, 0.1) is 14.1 Å². The van der Waals surface area contributed by atoms with E-state index < -0.39 is 0 Å². The second-order valence-corrected chi connectivity index (χ2v) is 6.81. The normalized spacial score (nSPS) is 11.4. The fourth-order valence-electron chi connectivity index (χ4n) is 1.76. The van der Waals surface area contributed by atoms with Gasteiger partial charge in [0.15, 0.2) is 5.84 Å². The SMILES string of the molecule is CN(C(=O)c1csc(I)c1)c1ccccc1/C(N)=N/O. The van der Waals surface area contributed by atoms with E-state index in [-0.39, 0.29) is 11.7 Å². The zero-order valence-electron chi connectivity index (χ0n) is 10.6. The number of rotatable bonds is 3. The van der Waals surface area contributed by atoms with E-state index in [1.54, 1.807) is 31.3 Å². The molecule has 5 nitrogen and oxygen atoms in total. The Morgan fingerprint density at radius 2 is 2.15 bits per heavy atom. The van der Waals surface area contributed by atoms with Gasteiger partial charge in [0.25, 0.3) is 5.91 Å². The van der Waals surface area contributed by atoms with Crippen LogP contribution in [0.25, 0.3) is 0 Å². The van der Waals surface area contributed by atoms with Crippen LogP contribution in [0.2, 0.25) is 0 Å². The number of nitrogens with zero attached hydrogens (tertiary/aromatic N) is 2. The van der Waals surface area contributed by atoms with E-state index in [0.29, 0.717) is 16.8 Å². The van der Waals surface area contributed by atoms with Crippen LogP contribution >= 0.6 is 33.9 Å². The van der Waals surface area contributed by atoms with Crippen molar-refractivity contribution in [3.05, 3.63) is 49.7 Å². The molecule has 2 aromatic rings. The van der Waals surface area contributed by atoms with E-state index in [2.05, 4.69) is 27.7 Å². The molecule has 1 amide bonds. The Hall–Kier alpha value is -1.61. The molecule has 0 unspecified atom stereocenters. The van der Waals surface area contributed by atoms with Crippen LogP contribution in [0.3, 0.4) is 0 Å². The Balaban J connectivity index is 2.39. The van der Waals surface area contributed by atoms with Crippen LogP contribution in [-0.2, 0) is 0 Å². The van der Waals surface area contributed by atoms with Gasteiger partial charge < -0.3 is 15.8 Å². The van der Waals surface area contributed by atoms with Gasteiger partial charge in [-0.3, -0.25) is 4.79 Å². The molecule has 2 rings (SSSR count). The van der Waals surface area contributed by atoms with Gasteiger partial charge in [-0.1, -0.05) is 17.3 Å². The van der Waals surface area contributed by atoms with E-state index in [1.165, 1.54) is 16.2 Å². The van der Waals surface area contributed by atoms with Crippen LogP contribution < -0.4 is 10.6 Å². The van der Waals surface area contributed by atoms with Crippen molar-refractivity contribution in [1.82, 2.24) is 0 Å². The molecule has 0 radical (unpaired) electrons. The van der Waals surface area contributed by atoms with Crippen LogP contribution in [0.5, 0.6) is 0 Å². The fraction of sp³-hybridized carbons (Fsp3) is 0.0769. The smallest absolute Gasteiger partial charge is 0.258 e. The number of hydrogen-bond donors (Lipinski definition) is 2. The molecule has 20 heavy (non-hydrogen) atoms. The summed E-state index contributed by atoms with van der Waals surface area (Å²) >= 11 is 3.68. The van der Waals surface area contributed by atoms with Gasteiger partial charge in [0.1, 0.15) is 0 Å². The molecule has 7 heteroatoms. The minimum absolute atomic E-state index is 0.0276. The van der Waals surface area contributed by atoms with Crippen LogP contribution in [0.4, 0.5) is 5.69 Å². The topological polar surface area (TPSA) is 78.9 Å². The van der Waals surface area contributed by atoms with Gasteiger partial charge >= 0.3 is 0 Å². The number of para-hydroxylation sites is 1. The Labute approximate surface area is 133 Å². The lowest BCUT2D eigenvalue weighted by Crippen LogP contribution is -2.28. The molecule has 1 aromatic carbocycles. The number of carbonyl (C=O) groups excluding carboxylic acids is 1. The fourth-order valence-corrected chi connectivity index (χ4v) is 3.08. The lowest BCUT2D eigenvalue weighted by Gasteiger charge is -2.19. The van der Waals surface area contributed by atoms with E-state index in [0.717, 1.165) is 2.88 Å². The van der Waals surface area contributed by atoms with Crippen LogP contribution in [0.1, 0.15) is 15.9 Å². The molecular weight excluding hydrogens is 389 g/mol. The predicted molar refractivity (Wildman–Crippen MR) is 88.7 cm³/mol. The number of carbonyl (C=O) groups is 1. The molecule has 0 saturated carbocycles. The van der Waals surface area contributed by atoms with E-state index in [1.807, 2.05) is 11.4 Å². The molecule has 0 aliphatic rings. The van der Waals surface area contributed by atoms with Gasteiger partial charge in [0.2, 0.25) is 0 Å². The highest BCUT2D eigenvalue weighted by Crippen LogP contribution is 2.23. The first-order valence-electron chi connectivity index (χ1n) is 5.63. The van der Waals surface area contributed by atoms with Crippen molar-refractivity contribution in [3.63, 3.8) is 0 Å². The number of nitrogens with two attached hydrogens (primary N) is 1. The maximum atomic E-state index is 12.4. The molecule has 0 aliphatic carbocycles. The molecule has 0 atom stereocenters. The molecule has 0 aliphatic heterocycles. The highest BCUT2D eigenvalue weighted by atomic mass is 127. The van der Waals surface area contributed by atoms with E-state index in [4.69, 9.17) is 10.9 Å². The van der Waals surface area contributed by atoms with Gasteiger partial charge in [-0.15, -0.1) is 11.3 Å². The van der Waals surface area contributed by atoms with Crippen LogP contribution in [-0.4, -0.2) is 24.0 Å². The van der Waals surface area contributed by atoms with Crippen molar-refractivity contribution in [1.29, 1.82) is 0 Å². The first kappa shape index (κ1) is 14.8. The molecule has 1 heterocycles. The lowest BCUT2D eigenvalue weighted by atomic mass is 10.1. The summed E-state index contributed by atoms with van der Waals surface area (Å²) in [7, 11) is 1.66. The summed E-state index contributed by atoms with van der Waals surface area (Å²) in [5, 5.41) is 13.6. The number of benzene rings is 1. The molecule has 0 spiro atoms. The third kappa shape index (κ3) is 2.93. The second-order valence-electron chi connectivity index (χ2n) is 4.01. The summed E-state index contributed by atoms with van der Waals surface area (Å²) in [5.41, 5.74) is 7.36. The van der Waals surface area contributed by atoms with Crippen LogP contribution in [0.15, 0.2) is 40.9 Å². The summed E-state index contributed by atoms with van der Waals surface area (Å²) in [6.45, 7) is 0. The summed E-state index contributed by atoms with van der Waals surface area (Å²) in [4.78, 5) is 13.9. The molecule has 104 valence electrons. The van der Waals surface area contributed by atoms with Crippen molar-refractivity contribution in [3.8, 4) is 0 Å². The van der Waals surface area contributed by atoms with E-state index in [9.17, 15) is 4.79 Å². The lowest BCUT2D eigenvalue weighted by molar-refractivity contribution is 0.0993. The first-order chi connectivity index (χ1) is 9.54. The Kier molecular flexibility index (Phi) is 4.61. The average Bonchev–Trinajstić information content (AvgIpc) is 2.91. The number of hydrogen-bond acceptors (Lipinski definition) is 4. The molecular formula is C13H12IN3O2S. The number of anilines is 1. The standard InChI is InChI=1S/C13H12IN3O2S/c1-17(13(18)8-6-11(14)20-7-8)10-5-3-2-4-9(10)12(15)16-19/h2-7,19H,1H3,(H2,15,16). The second kappa shape index (κ2) is 6.23. The summed E-state index contributed by atoms with van der Waals surface area (Å²) in [6.07, 6.45) is 0. The summed E-state index contributed by atoms with van der Waals surface area (Å²) in [6, 6.07) is 8.84. The predicted octanol–water partition coefficient (Wildman–Crippen LogP) is 2.72. The van der Waals surface area contributed by atoms with Gasteiger partial charge in [-0.2, -0.15) is 0 Å². The molecule has 3 N–H and O–H groups in total. The van der Waals surface area contributed by atoms with Crippen molar-refractivity contribution in [2.45, 2.75) is 0 Å². The van der Waals surface area contributed by atoms with Gasteiger partial charge in [-0.25, -0.2) is 0 Å². The number of thiophene rings is 1. The number of amides is 1. The highest BCUT2D eigenvalue weighted by Gasteiger charge is 2.18. The largest absolute Gasteiger partial charge is 0.409 e. The molecule has 0 saturated heterocycles. The minimum atomic E-state index is -0.137. The maximum absolute atomic E-state index is 12.4. The van der Waals surface area contributed by atoms with E-state index >= 15 is 0 Å². The van der Waals surface area contributed by atoms with Crippen molar-refractivity contribution in [2.24, 2.45) is 10.9 Å². The number of amidine groups is 1. The summed E-state index contributed by atoms with van der Waals surface area (Å²) in [5.74, 6) is -0.164. The molecule has 0 bridgehead atoms. The molecule has 1 aromatic heterocycles. The zero-order valence-corrected chi connectivity index (χ0v) is 13.6. The van der Waals surface area contributed by atoms with Gasteiger partial charge in [0, 0.05) is 18.0 Å². The Bertz CT molecular complexity index is 669. The Morgan fingerprint density at radius 1 is 1.45 bits per heavy atom. The third-order valence-electron chi connectivity index (χ3n) is 2.77. The van der Waals surface area contributed by atoms with Crippen molar-refractivity contribution >= 4 is 51.4 Å². The average molecular weight is 401 g/mol. The van der Waals surface area contributed by atoms with Crippen molar-refractivity contribution < 1.29 is 10.0 Å². The minimum Gasteiger partial charge on any atom is -0.409 e. The quantitative estimate of drug-likeness (QED) is 0.273. The number of oxime groups is 1. The molecule has 0 fully saturated rings. The monoisotopic (exact) mass is 401 g/mol. The number of halogens is 1. The van der Waals surface area contributed by atoms with Gasteiger partial charge in [-0.05, 0) is 40.8 Å². The summed E-state index contributed by atoms with van der Waals surface area (Å²) < 4.78 is 1.05. The van der Waals surface area contributed by atoms with Crippen molar-refractivity contribution in [2.75, 3.05) is 11.9 Å². The first-order valence-corrected chi connectivity index (χ1v) is 7.59. The third-order valence-corrected chi connectivity index (χ3v) is 4.56.